The number of alkyl carbamates (subject to hydrolysis) is 1. The van der Waals surface area contributed by atoms with Crippen LogP contribution < -0.4 is 10.6 Å². The average Bonchev–Trinajstić information content (AvgIpc) is 3.36. The lowest BCUT2D eigenvalue weighted by atomic mass is 9.47. The number of carbonyl (C=O) groups is 3. The number of allylic oxidation sites excluding steroid dienone is 1. The van der Waals surface area contributed by atoms with Crippen molar-refractivity contribution in [2.45, 2.75) is 98.0 Å². The fourth-order valence-electron chi connectivity index (χ4n) is 9.32. The largest absolute Gasteiger partial charge is 0.446 e. The molecule has 1 aromatic rings. The van der Waals surface area contributed by atoms with Gasteiger partial charge in [-0.15, -0.1) is 0 Å². The summed E-state index contributed by atoms with van der Waals surface area (Å²) in [6.45, 7) is 11.2. The number of hydrogen-bond donors (Lipinski definition) is 2. The van der Waals surface area contributed by atoms with Crippen molar-refractivity contribution < 1.29 is 19.1 Å². The van der Waals surface area contributed by atoms with Crippen molar-refractivity contribution >= 4 is 23.9 Å². The molecule has 1 aromatic carbocycles. The molecule has 7 atom stereocenters. The van der Waals surface area contributed by atoms with Gasteiger partial charge < -0.3 is 15.4 Å². The Kier molecular flexibility index (Phi) is 9.39. The summed E-state index contributed by atoms with van der Waals surface area (Å²) in [5, 5.41) is 15.0. The van der Waals surface area contributed by atoms with E-state index < -0.39 is 12.0 Å². The van der Waals surface area contributed by atoms with Gasteiger partial charge in [-0.25, -0.2) is 4.79 Å². The van der Waals surface area contributed by atoms with E-state index in [0.29, 0.717) is 29.5 Å². The van der Waals surface area contributed by atoms with Crippen LogP contribution in [0.5, 0.6) is 0 Å². The molecule has 3 fully saturated rings. The van der Waals surface area contributed by atoms with Crippen LogP contribution in [0, 0.1) is 45.8 Å². The van der Waals surface area contributed by atoms with Gasteiger partial charge in [-0.2, -0.15) is 5.26 Å². The number of nitrogens with one attached hydrogen (secondary N) is 2. The topological polar surface area (TPSA) is 108 Å². The number of ketones is 1. The Bertz CT molecular complexity index is 1370. The fraction of sp³-hybridized carbons (Fsp3) is 0.622. The second-order valence-electron chi connectivity index (χ2n) is 14.5. The van der Waals surface area contributed by atoms with Crippen LogP contribution in [0.1, 0.15) is 103 Å². The van der Waals surface area contributed by atoms with E-state index in [1.165, 1.54) is 24.0 Å². The van der Waals surface area contributed by atoms with Gasteiger partial charge >= 0.3 is 6.09 Å². The van der Waals surface area contributed by atoms with Crippen molar-refractivity contribution in [2.75, 3.05) is 13.1 Å². The molecule has 0 aromatic heterocycles. The summed E-state index contributed by atoms with van der Waals surface area (Å²) >= 11 is 0. The molecule has 0 spiro atoms. The summed E-state index contributed by atoms with van der Waals surface area (Å²) in [5.41, 5.74) is 3.74. The molecule has 0 bridgehead atoms. The van der Waals surface area contributed by atoms with E-state index in [-0.39, 0.29) is 41.5 Å². The van der Waals surface area contributed by atoms with Crippen molar-refractivity contribution in [3.8, 4) is 6.07 Å². The SMILES string of the molecule is CC(=O)[C@H]1CC[C@H]2[C@@H]3CC=C4C[C@@H](OC(=O)NCCNC(=O)/C(C#N)=C/c5ccc(C(C)C)cc5)CC[C@]4(C)[C@H]3CC[C@]12C. The van der Waals surface area contributed by atoms with Crippen LogP contribution >= 0.6 is 0 Å². The summed E-state index contributed by atoms with van der Waals surface area (Å²) < 4.78 is 5.82. The van der Waals surface area contributed by atoms with Gasteiger partial charge in [-0.3, -0.25) is 9.59 Å². The Morgan fingerprint density at radius 1 is 1.02 bits per heavy atom. The quantitative estimate of drug-likeness (QED) is 0.143. The Morgan fingerprint density at radius 2 is 1.75 bits per heavy atom. The number of nitrogens with zero attached hydrogens (tertiary/aromatic N) is 1. The zero-order chi connectivity index (χ0) is 31.6. The molecule has 4 aliphatic rings. The van der Waals surface area contributed by atoms with Crippen LogP contribution in [0.25, 0.3) is 6.08 Å². The van der Waals surface area contributed by atoms with Gasteiger partial charge in [0.05, 0.1) is 0 Å². The number of carbonyl (C=O) groups excluding carboxylic acids is 3. The molecule has 0 aliphatic heterocycles. The van der Waals surface area contributed by atoms with Crippen molar-refractivity contribution in [1.29, 1.82) is 5.26 Å². The summed E-state index contributed by atoms with van der Waals surface area (Å²) in [5.74, 6) is 2.44. The number of fused-ring (bicyclic) bond motifs is 5. The number of Topliss-reactive ketones (excluding diaryl/α,β-unsaturated/α-hetero) is 1. The average molecular weight is 600 g/mol. The van der Waals surface area contributed by atoms with E-state index in [2.05, 4.69) is 44.4 Å². The van der Waals surface area contributed by atoms with Crippen molar-refractivity contribution in [3.05, 3.63) is 52.6 Å². The molecule has 7 heteroatoms. The van der Waals surface area contributed by atoms with Crippen LogP contribution in [0.3, 0.4) is 0 Å². The van der Waals surface area contributed by atoms with Crippen molar-refractivity contribution in [3.63, 3.8) is 0 Å². The summed E-state index contributed by atoms with van der Waals surface area (Å²) in [6, 6.07) is 9.77. The van der Waals surface area contributed by atoms with Gasteiger partial charge in [0.2, 0.25) is 0 Å². The van der Waals surface area contributed by atoms with E-state index in [4.69, 9.17) is 4.74 Å². The highest BCUT2D eigenvalue weighted by atomic mass is 16.6. The molecule has 2 amide bonds. The van der Waals surface area contributed by atoms with E-state index in [1.807, 2.05) is 30.3 Å². The van der Waals surface area contributed by atoms with Gasteiger partial charge in [0, 0.05) is 25.4 Å². The number of benzene rings is 1. The van der Waals surface area contributed by atoms with E-state index in [9.17, 15) is 19.6 Å². The third-order valence-electron chi connectivity index (χ3n) is 11.8. The van der Waals surface area contributed by atoms with E-state index in [1.54, 1.807) is 13.0 Å². The second kappa shape index (κ2) is 12.9. The molecule has 5 rings (SSSR count). The number of hydrogen-bond acceptors (Lipinski definition) is 5. The van der Waals surface area contributed by atoms with Crippen LogP contribution in [0.2, 0.25) is 0 Å². The molecule has 7 nitrogen and oxygen atoms in total. The highest BCUT2D eigenvalue weighted by Crippen LogP contribution is 2.66. The first-order valence-corrected chi connectivity index (χ1v) is 16.6. The predicted octanol–water partition coefficient (Wildman–Crippen LogP) is 7.10. The standard InChI is InChI=1S/C37H49N3O4/c1-23(2)26-8-6-25(7-9-26)20-27(22-38)34(42)39-18-19-40-35(43)44-29-14-16-36(4)28(21-29)10-11-30-32-13-12-31(24(3)41)37(32,5)17-15-33(30)36/h6-10,20,23,29-33H,11-19,21H2,1-5H3,(H,39,42)(H,40,43)/b27-20+/t29-,30-,31+,32-,33-,36-,37+/m0/s1. The molecule has 0 radical (unpaired) electrons. The smallest absolute Gasteiger partial charge is 0.407 e. The first-order valence-electron chi connectivity index (χ1n) is 16.6. The third kappa shape index (κ3) is 6.23. The molecule has 236 valence electrons. The minimum absolute atomic E-state index is 0.0207. The van der Waals surface area contributed by atoms with E-state index >= 15 is 0 Å². The minimum atomic E-state index is -0.474. The zero-order valence-corrected chi connectivity index (χ0v) is 27.1. The molecule has 0 heterocycles. The lowest BCUT2D eigenvalue weighted by Gasteiger charge is -2.58. The summed E-state index contributed by atoms with van der Waals surface area (Å²) in [6.07, 6.45) is 11.6. The molecule has 3 saturated carbocycles. The molecule has 0 saturated heterocycles. The molecule has 44 heavy (non-hydrogen) atoms. The van der Waals surface area contributed by atoms with Gasteiger partial charge in [0.15, 0.2) is 0 Å². The summed E-state index contributed by atoms with van der Waals surface area (Å²) in [7, 11) is 0. The Hall–Kier alpha value is -3.40. The first-order chi connectivity index (χ1) is 21.0. The third-order valence-corrected chi connectivity index (χ3v) is 11.8. The molecular formula is C37H49N3O4. The Morgan fingerprint density at radius 3 is 2.43 bits per heavy atom. The Balaban J connectivity index is 1.09. The monoisotopic (exact) mass is 599 g/mol. The van der Waals surface area contributed by atoms with Crippen molar-refractivity contribution in [2.24, 2.45) is 34.5 Å². The summed E-state index contributed by atoms with van der Waals surface area (Å²) in [4.78, 5) is 37.6. The normalized spacial score (nSPS) is 32.8. The van der Waals surface area contributed by atoms with Crippen LogP contribution in [-0.2, 0) is 14.3 Å². The first kappa shape index (κ1) is 32.0. The second-order valence-corrected chi connectivity index (χ2v) is 14.5. The van der Waals surface area contributed by atoms with Crippen LogP contribution in [0.4, 0.5) is 4.79 Å². The lowest BCUT2D eigenvalue weighted by molar-refractivity contribution is -0.127. The maximum atomic E-state index is 12.6. The molecule has 2 N–H and O–H groups in total. The minimum Gasteiger partial charge on any atom is -0.446 e. The molecule has 4 aliphatic carbocycles. The highest BCUT2D eigenvalue weighted by molar-refractivity contribution is 6.01. The van der Waals surface area contributed by atoms with Gasteiger partial charge in [-0.1, -0.05) is 63.6 Å². The van der Waals surface area contributed by atoms with Crippen LogP contribution in [-0.4, -0.2) is 37.0 Å². The lowest BCUT2D eigenvalue weighted by Crippen LogP contribution is -2.51. The highest BCUT2D eigenvalue weighted by Gasteiger charge is 2.59. The zero-order valence-electron chi connectivity index (χ0n) is 27.1. The maximum absolute atomic E-state index is 12.6. The molecule has 0 unspecified atom stereocenters. The number of rotatable bonds is 8. The number of ether oxygens (including phenoxy) is 1. The number of amides is 2. The van der Waals surface area contributed by atoms with E-state index in [0.717, 1.165) is 44.1 Å². The predicted molar refractivity (Wildman–Crippen MR) is 171 cm³/mol. The fourth-order valence-corrected chi connectivity index (χ4v) is 9.32. The van der Waals surface area contributed by atoms with Crippen molar-refractivity contribution in [1.82, 2.24) is 10.6 Å². The Labute approximate surface area is 262 Å². The van der Waals surface area contributed by atoms with Crippen LogP contribution in [0.15, 0.2) is 41.5 Å². The van der Waals surface area contributed by atoms with Gasteiger partial charge in [0.1, 0.15) is 23.5 Å². The molecular weight excluding hydrogens is 550 g/mol. The van der Waals surface area contributed by atoms with Gasteiger partial charge in [0.25, 0.3) is 5.91 Å². The van der Waals surface area contributed by atoms with Gasteiger partial charge in [-0.05, 0) is 104 Å². The number of nitriles is 1. The maximum Gasteiger partial charge on any atom is 0.407 e.